The third kappa shape index (κ3) is 7.43. The summed E-state index contributed by atoms with van der Waals surface area (Å²) in [4.78, 5) is 15.0. The van der Waals surface area contributed by atoms with E-state index in [1.54, 1.807) is 0 Å². The second kappa shape index (κ2) is 12.0. The van der Waals surface area contributed by atoms with Gasteiger partial charge in [-0.25, -0.2) is 0 Å². The number of aromatic amines is 1. The summed E-state index contributed by atoms with van der Waals surface area (Å²) in [6.45, 7) is 11.6. The van der Waals surface area contributed by atoms with Crippen LogP contribution in [0.25, 0.3) is 10.9 Å². The Kier molecular flexibility index (Phi) is 9.11. The third-order valence-corrected chi connectivity index (χ3v) is 6.96. The monoisotopic (exact) mass is 472 g/mol. The van der Waals surface area contributed by atoms with Crippen LogP contribution in [0.1, 0.15) is 59.4 Å². The molecule has 0 spiro atoms. The van der Waals surface area contributed by atoms with Crippen LogP contribution in [-0.2, 0) is 11.2 Å². The molecule has 0 saturated heterocycles. The van der Waals surface area contributed by atoms with Crippen LogP contribution in [0.2, 0.25) is 0 Å². The summed E-state index contributed by atoms with van der Waals surface area (Å²) in [5.41, 5.74) is 7.58. The molecular formula is C31H40N2O2. The Hall–Kier alpha value is -3.11. The fourth-order valence-corrected chi connectivity index (χ4v) is 4.83. The number of hydrogen-bond donors (Lipinski definition) is 3. The highest BCUT2D eigenvalue weighted by Gasteiger charge is 2.26. The molecule has 4 nitrogen and oxygen atoms in total. The minimum Gasteiger partial charge on any atom is -0.480 e. The van der Waals surface area contributed by atoms with Crippen molar-refractivity contribution in [3.05, 3.63) is 94.8 Å². The van der Waals surface area contributed by atoms with Gasteiger partial charge in [0.2, 0.25) is 0 Å². The molecule has 4 heteroatoms. The van der Waals surface area contributed by atoms with E-state index in [2.05, 4.69) is 68.4 Å². The summed E-state index contributed by atoms with van der Waals surface area (Å²) in [7, 11) is 0. The molecule has 1 aromatic carbocycles. The molecule has 1 heterocycles. The number of hydrogen-bond acceptors (Lipinski definition) is 2. The number of aliphatic carboxylic acids is 1. The first-order valence-corrected chi connectivity index (χ1v) is 12.6. The summed E-state index contributed by atoms with van der Waals surface area (Å²) in [6, 6.07) is 7.33. The molecule has 1 aliphatic carbocycles. The number of carbonyl (C=O) groups is 1. The molecular weight excluding hydrogens is 432 g/mol. The summed E-state index contributed by atoms with van der Waals surface area (Å²) in [5, 5.41) is 13.9. The Morgan fingerprint density at radius 2 is 1.97 bits per heavy atom. The van der Waals surface area contributed by atoms with Crippen LogP contribution >= 0.6 is 0 Å². The van der Waals surface area contributed by atoms with Gasteiger partial charge in [-0.1, -0.05) is 85.2 Å². The van der Waals surface area contributed by atoms with Crippen molar-refractivity contribution in [2.45, 2.75) is 66.3 Å². The van der Waals surface area contributed by atoms with Crippen molar-refractivity contribution in [2.75, 3.05) is 6.54 Å². The van der Waals surface area contributed by atoms with E-state index in [-0.39, 0.29) is 5.41 Å². The van der Waals surface area contributed by atoms with E-state index in [9.17, 15) is 9.90 Å². The van der Waals surface area contributed by atoms with E-state index in [4.69, 9.17) is 0 Å². The number of allylic oxidation sites excluding steroid dienone is 9. The number of benzene rings is 1. The van der Waals surface area contributed by atoms with Gasteiger partial charge in [0.25, 0.3) is 0 Å². The number of aromatic nitrogens is 1. The number of carboxylic acids is 1. The highest BCUT2D eigenvalue weighted by molar-refractivity contribution is 5.84. The zero-order valence-electron chi connectivity index (χ0n) is 21.8. The number of fused-ring (bicyclic) bond motifs is 1. The van der Waals surface area contributed by atoms with Crippen LogP contribution in [0, 0.1) is 5.41 Å². The van der Waals surface area contributed by atoms with Crippen LogP contribution < -0.4 is 5.32 Å². The third-order valence-electron chi connectivity index (χ3n) is 6.96. The first-order valence-electron chi connectivity index (χ1n) is 12.6. The lowest BCUT2D eigenvalue weighted by Gasteiger charge is -2.32. The molecule has 0 amide bonds. The van der Waals surface area contributed by atoms with Crippen molar-refractivity contribution in [3.8, 4) is 0 Å². The summed E-state index contributed by atoms with van der Waals surface area (Å²) in [5.74, 6) is -0.839. The van der Waals surface area contributed by atoms with E-state index in [1.165, 1.54) is 36.0 Å². The van der Waals surface area contributed by atoms with Crippen LogP contribution in [0.3, 0.4) is 0 Å². The number of nitrogens with one attached hydrogen (secondary N) is 2. The lowest BCUT2D eigenvalue weighted by molar-refractivity contribution is -0.139. The minimum atomic E-state index is -0.839. The molecule has 0 saturated carbocycles. The minimum absolute atomic E-state index is 0.253. The van der Waals surface area contributed by atoms with Gasteiger partial charge in [0.05, 0.1) is 0 Å². The SMILES string of the molecule is CC1=C(/C=C/C(C)=C/C=C/C(C)=C/CNC(Cc2c[nH]c3ccccc23)C(=O)O)C(C)(C)CCC1. The van der Waals surface area contributed by atoms with Gasteiger partial charge in [0, 0.05) is 30.1 Å². The Morgan fingerprint density at radius 1 is 1.20 bits per heavy atom. The molecule has 0 aliphatic heterocycles. The zero-order valence-corrected chi connectivity index (χ0v) is 21.8. The molecule has 1 atom stereocenters. The maximum atomic E-state index is 11.8. The van der Waals surface area contributed by atoms with Gasteiger partial charge < -0.3 is 15.4 Å². The normalized spacial score (nSPS) is 18.2. The second-order valence-corrected chi connectivity index (χ2v) is 10.3. The van der Waals surface area contributed by atoms with E-state index < -0.39 is 12.0 Å². The van der Waals surface area contributed by atoms with Crippen LogP contribution in [0.4, 0.5) is 0 Å². The number of rotatable bonds is 10. The molecule has 1 aliphatic rings. The predicted octanol–water partition coefficient (Wildman–Crippen LogP) is 7.28. The first-order chi connectivity index (χ1) is 16.7. The van der Waals surface area contributed by atoms with E-state index in [0.29, 0.717) is 13.0 Å². The lowest BCUT2D eigenvalue weighted by Crippen LogP contribution is -2.38. The van der Waals surface area contributed by atoms with Crippen molar-refractivity contribution in [1.82, 2.24) is 10.3 Å². The smallest absolute Gasteiger partial charge is 0.321 e. The zero-order chi connectivity index (χ0) is 25.4. The van der Waals surface area contributed by atoms with E-state index in [0.717, 1.165) is 22.0 Å². The highest BCUT2D eigenvalue weighted by atomic mass is 16.4. The topological polar surface area (TPSA) is 65.1 Å². The van der Waals surface area contributed by atoms with Gasteiger partial charge >= 0.3 is 5.97 Å². The molecule has 0 bridgehead atoms. The van der Waals surface area contributed by atoms with E-state index in [1.807, 2.05) is 43.5 Å². The summed E-state index contributed by atoms with van der Waals surface area (Å²) in [6.07, 6.45) is 18.8. The first kappa shape index (κ1) is 26.5. The van der Waals surface area contributed by atoms with Crippen molar-refractivity contribution in [3.63, 3.8) is 0 Å². The number of carboxylic acid groups (broad SMARTS) is 1. The number of H-pyrrole nitrogens is 1. The highest BCUT2D eigenvalue weighted by Crippen LogP contribution is 2.40. The van der Waals surface area contributed by atoms with Gasteiger partial charge in [-0.2, -0.15) is 0 Å². The molecule has 3 N–H and O–H groups in total. The Morgan fingerprint density at radius 3 is 2.71 bits per heavy atom. The quantitative estimate of drug-likeness (QED) is 0.318. The lowest BCUT2D eigenvalue weighted by atomic mass is 9.72. The second-order valence-electron chi connectivity index (χ2n) is 10.3. The molecule has 0 radical (unpaired) electrons. The molecule has 2 aromatic rings. The molecule has 3 rings (SSSR count). The standard InChI is InChI=1S/C31H40N2O2/c1-22(15-16-27-24(3)12-9-18-31(27,4)5)10-8-11-23(2)17-19-32-29(30(34)35)20-25-21-33-28-14-7-6-13-26(25)28/h6-8,10-11,13-17,21,29,32-33H,9,12,18-20H2,1-5H3,(H,34,35)/b11-8+,16-15+,22-10+,23-17+. The maximum Gasteiger partial charge on any atom is 0.321 e. The molecule has 0 fully saturated rings. The van der Waals surface area contributed by atoms with Crippen LogP contribution in [0.5, 0.6) is 0 Å². The predicted molar refractivity (Wildman–Crippen MR) is 148 cm³/mol. The Labute approximate surface area is 210 Å². The van der Waals surface area contributed by atoms with Crippen molar-refractivity contribution >= 4 is 16.9 Å². The van der Waals surface area contributed by atoms with Crippen molar-refractivity contribution in [1.29, 1.82) is 0 Å². The largest absolute Gasteiger partial charge is 0.480 e. The maximum absolute atomic E-state index is 11.8. The van der Waals surface area contributed by atoms with Crippen LogP contribution in [-0.4, -0.2) is 28.6 Å². The summed E-state index contributed by atoms with van der Waals surface area (Å²) < 4.78 is 0. The fraction of sp³-hybridized carbons (Fsp3) is 0.387. The number of para-hydroxylation sites is 1. The average molecular weight is 473 g/mol. The van der Waals surface area contributed by atoms with Gasteiger partial charge in [0.15, 0.2) is 0 Å². The summed E-state index contributed by atoms with van der Waals surface area (Å²) >= 11 is 0. The molecule has 1 unspecified atom stereocenters. The van der Waals surface area contributed by atoms with Gasteiger partial charge in [-0.05, 0) is 62.7 Å². The average Bonchev–Trinajstić information content (AvgIpc) is 3.20. The van der Waals surface area contributed by atoms with Gasteiger partial charge in [-0.3, -0.25) is 4.79 Å². The Balaban J connectivity index is 1.54. The fourth-order valence-electron chi connectivity index (χ4n) is 4.83. The molecule has 186 valence electrons. The van der Waals surface area contributed by atoms with Gasteiger partial charge in [0.1, 0.15) is 6.04 Å². The Bertz CT molecular complexity index is 1190. The molecule has 1 aromatic heterocycles. The molecule has 35 heavy (non-hydrogen) atoms. The van der Waals surface area contributed by atoms with Crippen molar-refractivity contribution in [2.24, 2.45) is 5.41 Å². The van der Waals surface area contributed by atoms with E-state index >= 15 is 0 Å². The van der Waals surface area contributed by atoms with Crippen molar-refractivity contribution < 1.29 is 9.90 Å². The van der Waals surface area contributed by atoms with Gasteiger partial charge in [-0.15, -0.1) is 0 Å². The van der Waals surface area contributed by atoms with Crippen LogP contribution in [0.15, 0.2) is 89.2 Å².